The van der Waals surface area contributed by atoms with Crippen molar-refractivity contribution in [1.82, 2.24) is 20.2 Å². The van der Waals surface area contributed by atoms with Gasteiger partial charge in [0, 0.05) is 17.3 Å². The predicted molar refractivity (Wildman–Crippen MR) is 116 cm³/mol. The van der Waals surface area contributed by atoms with Crippen LogP contribution in [0, 0.1) is 11.7 Å². The number of hydrogen-bond acceptors (Lipinski definition) is 3. The number of nitrogens with one attached hydrogen (secondary N) is 2. The molecule has 6 heteroatoms. The van der Waals surface area contributed by atoms with E-state index < -0.39 is 5.82 Å². The molecule has 5 rings (SSSR count). The number of aromatic hydroxyl groups is 1. The van der Waals surface area contributed by atoms with Crippen LogP contribution in [0.4, 0.5) is 4.39 Å². The van der Waals surface area contributed by atoms with Crippen LogP contribution in [-0.4, -0.2) is 25.3 Å². The average molecular weight is 404 g/mol. The minimum atomic E-state index is -0.614. The number of aromatic amines is 2. The molecule has 0 bridgehead atoms. The molecule has 5 nitrogen and oxygen atoms in total. The molecule has 30 heavy (non-hydrogen) atoms. The van der Waals surface area contributed by atoms with Crippen molar-refractivity contribution in [3.8, 4) is 28.4 Å². The van der Waals surface area contributed by atoms with Gasteiger partial charge in [-0.1, -0.05) is 32.3 Å². The van der Waals surface area contributed by atoms with Crippen molar-refractivity contribution in [2.24, 2.45) is 5.92 Å². The Labute approximate surface area is 174 Å². The Balaban J connectivity index is 1.43. The van der Waals surface area contributed by atoms with Crippen molar-refractivity contribution < 1.29 is 9.50 Å². The summed E-state index contributed by atoms with van der Waals surface area (Å²) in [5.41, 5.74) is 5.36. The summed E-state index contributed by atoms with van der Waals surface area (Å²) in [6.45, 7) is 1.99. The molecule has 0 unspecified atom stereocenters. The molecule has 2 heterocycles. The smallest absolute Gasteiger partial charge is 0.165 e. The number of phenols is 1. The Bertz CT molecular complexity index is 1210. The van der Waals surface area contributed by atoms with Gasteiger partial charge in [0.1, 0.15) is 5.69 Å². The summed E-state index contributed by atoms with van der Waals surface area (Å²) in [6, 6.07) is 8.82. The first-order valence-electron chi connectivity index (χ1n) is 10.7. The van der Waals surface area contributed by atoms with Crippen LogP contribution in [0.1, 0.15) is 43.9 Å². The SMILES string of the molecule is CCc1cc(O)c(F)cc1-c1ccc2c(-c3ncc(CCCC4CC4)[nH]3)n[nH]c2c1. The molecule has 2 aromatic heterocycles. The molecule has 0 radical (unpaired) electrons. The normalized spacial score (nSPS) is 13.9. The van der Waals surface area contributed by atoms with Gasteiger partial charge in [0.15, 0.2) is 17.4 Å². The van der Waals surface area contributed by atoms with Gasteiger partial charge in [-0.15, -0.1) is 0 Å². The molecule has 2 aromatic carbocycles. The van der Waals surface area contributed by atoms with E-state index in [-0.39, 0.29) is 5.75 Å². The highest BCUT2D eigenvalue weighted by Gasteiger charge is 2.20. The van der Waals surface area contributed by atoms with Crippen LogP contribution >= 0.6 is 0 Å². The molecule has 3 N–H and O–H groups in total. The number of benzene rings is 2. The van der Waals surface area contributed by atoms with Gasteiger partial charge in [-0.05, 0) is 66.1 Å². The van der Waals surface area contributed by atoms with E-state index in [0.717, 1.165) is 57.1 Å². The Morgan fingerprint density at radius 3 is 2.87 bits per heavy atom. The number of nitrogens with zero attached hydrogens (tertiary/aromatic N) is 2. The third-order valence-electron chi connectivity index (χ3n) is 6.04. The van der Waals surface area contributed by atoms with Crippen LogP contribution < -0.4 is 0 Å². The maximum Gasteiger partial charge on any atom is 0.165 e. The molecule has 0 aliphatic heterocycles. The molecule has 0 saturated heterocycles. The summed E-state index contributed by atoms with van der Waals surface area (Å²) < 4.78 is 14.0. The predicted octanol–water partition coefficient (Wildman–Crippen LogP) is 5.76. The van der Waals surface area contributed by atoms with E-state index in [0.29, 0.717) is 6.42 Å². The Hall–Kier alpha value is -3.15. The Morgan fingerprint density at radius 1 is 1.20 bits per heavy atom. The number of rotatable bonds is 7. The van der Waals surface area contributed by atoms with Gasteiger partial charge >= 0.3 is 0 Å². The molecule has 0 amide bonds. The van der Waals surface area contributed by atoms with E-state index in [1.54, 1.807) is 0 Å². The summed E-state index contributed by atoms with van der Waals surface area (Å²) in [5.74, 6) is 0.788. The van der Waals surface area contributed by atoms with E-state index in [9.17, 15) is 9.50 Å². The number of halogens is 1. The summed E-state index contributed by atoms with van der Waals surface area (Å²) in [6.07, 6.45) is 8.91. The number of fused-ring (bicyclic) bond motifs is 1. The minimum Gasteiger partial charge on any atom is -0.505 e. The molecule has 1 fully saturated rings. The van der Waals surface area contributed by atoms with Crippen LogP contribution in [0.25, 0.3) is 33.5 Å². The topological polar surface area (TPSA) is 77.6 Å². The van der Waals surface area contributed by atoms with Crippen LogP contribution in [-0.2, 0) is 12.8 Å². The van der Waals surface area contributed by atoms with Gasteiger partial charge in [0.25, 0.3) is 0 Å². The maximum atomic E-state index is 14.0. The molecule has 1 aliphatic rings. The lowest BCUT2D eigenvalue weighted by Crippen LogP contribution is -1.90. The van der Waals surface area contributed by atoms with E-state index in [1.807, 2.05) is 31.3 Å². The number of H-pyrrole nitrogens is 2. The van der Waals surface area contributed by atoms with Crippen molar-refractivity contribution in [2.45, 2.75) is 45.4 Å². The zero-order valence-corrected chi connectivity index (χ0v) is 17.0. The highest BCUT2D eigenvalue weighted by atomic mass is 19.1. The van der Waals surface area contributed by atoms with Crippen molar-refractivity contribution in [2.75, 3.05) is 0 Å². The standard InChI is InChI=1S/C24H25FN4O/c1-2-15-11-22(30)20(25)12-19(15)16-8-9-18-21(10-16)28-29-23(18)24-26-13-17(27-24)5-3-4-14-6-7-14/h8-14,30H,2-7H2,1H3,(H,26,27)(H,28,29). The second kappa shape index (κ2) is 7.59. The fraction of sp³-hybridized carbons (Fsp3) is 0.333. The van der Waals surface area contributed by atoms with Gasteiger partial charge in [0.2, 0.25) is 0 Å². The lowest BCUT2D eigenvalue weighted by molar-refractivity contribution is 0.432. The highest BCUT2D eigenvalue weighted by molar-refractivity contribution is 5.94. The summed E-state index contributed by atoms with van der Waals surface area (Å²) >= 11 is 0. The van der Waals surface area contributed by atoms with Crippen LogP contribution in [0.15, 0.2) is 36.5 Å². The zero-order valence-electron chi connectivity index (χ0n) is 17.0. The van der Waals surface area contributed by atoms with Crippen molar-refractivity contribution in [3.63, 3.8) is 0 Å². The summed E-state index contributed by atoms with van der Waals surface area (Å²) in [7, 11) is 0. The van der Waals surface area contributed by atoms with Gasteiger partial charge in [-0.2, -0.15) is 5.10 Å². The third-order valence-corrected chi connectivity index (χ3v) is 6.04. The first kappa shape index (κ1) is 18.9. The molecule has 4 aromatic rings. The largest absolute Gasteiger partial charge is 0.505 e. The molecule has 1 saturated carbocycles. The van der Waals surface area contributed by atoms with E-state index in [2.05, 4.69) is 20.2 Å². The number of aryl methyl sites for hydroxylation is 2. The monoisotopic (exact) mass is 404 g/mol. The number of imidazole rings is 1. The first-order valence-corrected chi connectivity index (χ1v) is 10.7. The molecule has 1 aliphatic carbocycles. The molecule has 0 spiro atoms. The molecular formula is C24H25FN4O. The lowest BCUT2D eigenvalue weighted by Gasteiger charge is -2.10. The summed E-state index contributed by atoms with van der Waals surface area (Å²) in [5, 5.41) is 18.2. The van der Waals surface area contributed by atoms with Gasteiger partial charge < -0.3 is 10.1 Å². The minimum absolute atomic E-state index is 0.314. The highest BCUT2D eigenvalue weighted by Crippen LogP contribution is 2.35. The van der Waals surface area contributed by atoms with Crippen LogP contribution in [0.5, 0.6) is 5.75 Å². The Kier molecular flexibility index (Phi) is 4.77. The summed E-state index contributed by atoms with van der Waals surface area (Å²) in [4.78, 5) is 7.95. The van der Waals surface area contributed by atoms with Gasteiger partial charge in [0.05, 0.1) is 5.52 Å². The van der Waals surface area contributed by atoms with E-state index >= 15 is 0 Å². The van der Waals surface area contributed by atoms with E-state index in [4.69, 9.17) is 0 Å². The second-order valence-corrected chi connectivity index (χ2v) is 8.24. The number of aromatic nitrogens is 4. The number of phenolic OH excluding ortho intramolecular Hbond substituents is 1. The average Bonchev–Trinajstić information content (AvgIpc) is 3.29. The lowest BCUT2D eigenvalue weighted by atomic mass is 9.96. The van der Waals surface area contributed by atoms with Gasteiger partial charge in [-0.25, -0.2) is 9.37 Å². The van der Waals surface area contributed by atoms with Gasteiger partial charge in [-0.3, -0.25) is 5.10 Å². The maximum absolute atomic E-state index is 14.0. The number of hydrogen-bond donors (Lipinski definition) is 3. The fourth-order valence-corrected chi connectivity index (χ4v) is 4.13. The molecule has 154 valence electrons. The second-order valence-electron chi connectivity index (χ2n) is 8.24. The van der Waals surface area contributed by atoms with Crippen molar-refractivity contribution >= 4 is 10.9 Å². The quantitative estimate of drug-likeness (QED) is 0.366. The molecule has 0 atom stereocenters. The fourth-order valence-electron chi connectivity index (χ4n) is 4.13. The van der Waals surface area contributed by atoms with Crippen LogP contribution in [0.3, 0.4) is 0 Å². The zero-order chi connectivity index (χ0) is 20.7. The van der Waals surface area contributed by atoms with E-state index in [1.165, 1.54) is 37.8 Å². The first-order chi connectivity index (χ1) is 14.6. The third kappa shape index (κ3) is 3.58. The molecular weight excluding hydrogens is 379 g/mol. The van der Waals surface area contributed by atoms with Crippen LogP contribution in [0.2, 0.25) is 0 Å². The Morgan fingerprint density at radius 2 is 2.07 bits per heavy atom. The van der Waals surface area contributed by atoms with Crippen molar-refractivity contribution in [1.29, 1.82) is 0 Å². The van der Waals surface area contributed by atoms with Crippen molar-refractivity contribution in [3.05, 3.63) is 53.6 Å².